The Morgan fingerprint density at radius 2 is 1.59 bits per heavy atom. The molecule has 0 spiro atoms. The Bertz CT molecular complexity index is 791. The third-order valence-corrected chi connectivity index (χ3v) is 5.54. The maximum absolute atomic E-state index is 6.25. The Balaban J connectivity index is 2.04. The highest BCUT2D eigenvalue weighted by molar-refractivity contribution is 7.99. The van der Waals surface area contributed by atoms with Crippen LogP contribution in [0.4, 0.5) is 11.4 Å². The molecule has 2 aromatic carbocycles. The average Bonchev–Trinajstić information content (AvgIpc) is 2.68. The number of anilines is 2. The van der Waals surface area contributed by atoms with Gasteiger partial charge >= 0.3 is 0 Å². The molecule has 27 heavy (non-hydrogen) atoms. The molecule has 2 aromatic rings. The van der Waals surface area contributed by atoms with Crippen LogP contribution in [0.5, 0.6) is 11.5 Å². The van der Waals surface area contributed by atoms with Crippen LogP contribution >= 0.6 is 35.0 Å². The van der Waals surface area contributed by atoms with E-state index in [0.29, 0.717) is 22.4 Å². The first-order valence-electron chi connectivity index (χ1n) is 8.40. The van der Waals surface area contributed by atoms with Gasteiger partial charge in [-0.2, -0.15) is 0 Å². The second-order valence-electron chi connectivity index (χ2n) is 5.78. The Morgan fingerprint density at radius 3 is 2.26 bits per heavy atom. The Kier molecular flexibility index (Phi) is 7.38. The van der Waals surface area contributed by atoms with Crippen molar-refractivity contribution in [1.29, 1.82) is 0 Å². The molecule has 0 amide bonds. The van der Waals surface area contributed by atoms with Gasteiger partial charge in [0, 0.05) is 53.6 Å². The largest absolute Gasteiger partial charge is 0.464 e. The van der Waals surface area contributed by atoms with Crippen molar-refractivity contribution in [2.75, 3.05) is 45.1 Å². The number of ether oxygens (including phenoxy) is 4. The smallest absolute Gasteiger partial charge is 0.188 e. The minimum absolute atomic E-state index is 0.124. The first kappa shape index (κ1) is 20.4. The fraction of sp³-hybridized carbons (Fsp3) is 0.368. The van der Waals surface area contributed by atoms with Crippen LogP contribution in [0.25, 0.3) is 0 Å². The van der Waals surface area contributed by atoms with Crippen LogP contribution in [0, 0.1) is 0 Å². The van der Waals surface area contributed by atoms with Crippen molar-refractivity contribution in [3.05, 3.63) is 35.4 Å². The molecule has 1 aliphatic heterocycles. The molecule has 0 radical (unpaired) electrons. The molecule has 0 saturated carbocycles. The molecule has 0 unspecified atom stereocenters. The second-order valence-corrected chi connectivity index (χ2v) is 7.67. The molecule has 0 fully saturated rings. The number of methoxy groups -OCH3 is 2. The number of hydrogen-bond donors (Lipinski definition) is 0. The van der Waals surface area contributed by atoms with E-state index in [9.17, 15) is 0 Å². The molecule has 0 N–H and O–H groups in total. The fourth-order valence-corrected chi connectivity index (χ4v) is 4.16. The number of rotatable bonds is 9. The Labute approximate surface area is 173 Å². The maximum atomic E-state index is 6.25. The van der Waals surface area contributed by atoms with Gasteiger partial charge in [-0.05, 0) is 24.6 Å². The lowest BCUT2D eigenvalue weighted by atomic mass is 10.2. The zero-order valence-corrected chi connectivity index (χ0v) is 17.5. The van der Waals surface area contributed by atoms with Crippen LogP contribution < -0.4 is 14.4 Å². The predicted octanol–water partition coefficient (Wildman–Crippen LogP) is 5.54. The predicted molar refractivity (Wildman–Crippen MR) is 109 cm³/mol. The number of benzene rings is 2. The minimum atomic E-state index is 0.124. The van der Waals surface area contributed by atoms with Crippen LogP contribution in [-0.4, -0.2) is 40.2 Å². The highest BCUT2D eigenvalue weighted by Crippen LogP contribution is 2.52. The van der Waals surface area contributed by atoms with E-state index in [1.165, 1.54) is 0 Å². The van der Waals surface area contributed by atoms with Crippen molar-refractivity contribution < 1.29 is 18.9 Å². The number of alkyl halides is 1. The summed E-state index contributed by atoms with van der Waals surface area (Å²) in [6, 6.07) is 9.84. The van der Waals surface area contributed by atoms with E-state index in [1.807, 2.05) is 30.3 Å². The Morgan fingerprint density at radius 1 is 0.926 bits per heavy atom. The average molecular weight is 430 g/mol. The van der Waals surface area contributed by atoms with E-state index in [1.54, 1.807) is 26.0 Å². The number of nitrogens with zero attached hydrogens (tertiary/aromatic N) is 1. The lowest BCUT2D eigenvalue weighted by Gasteiger charge is -2.33. The van der Waals surface area contributed by atoms with E-state index in [-0.39, 0.29) is 13.6 Å². The van der Waals surface area contributed by atoms with E-state index in [4.69, 9.17) is 42.1 Å². The Hall–Kier alpha value is -1.31. The van der Waals surface area contributed by atoms with Crippen LogP contribution in [0.15, 0.2) is 40.1 Å². The molecule has 0 bridgehead atoms. The van der Waals surface area contributed by atoms with Crippen LogP contribution in [0.1, 0.15) is 6.42 Å². The van der Waals surface area contributed by atoms with Gasteiger partial charge in [0.1, 0.15) is 0 Å². The third kappa shape index (κ3) is 4.76. The molecule has 0 saturated heterocycles. The standard InChI is InChI=1S/C19H21Cl2NO4S/c1-23-11-25-16-9-15-19(10-17(16)26-12-24-2)27-18-5-4-13(21)8-14(18)22(15)7-3-6-20/h4-5,8-10H,3,6-7,11-12H2,1-2H3. The first-order valence-corrected chi connectivity index (χ1v) is 10.1. The molecule has 5 nitrogen and oxygen atoms in total. The highest BCUT2D eigenvalue weighted by atomic mass is 35.5. The van der Waals surface area contributed by atoms with Crippen molar-refractivity contribution in [3.8, 4) is 11.5 Å². The quantitative estimate of drug-likeness (QED) is 0.385. The molecule has 0 aromatic heterocycles. The summed E-state index contributed by atoms with van der Waals surface area (Å²) >= 11 is 13.9. The fourth-order valence-electron chi connectivity index (χ4n) is 2.79. The van der Waals surface area contributed by atoms with Gasteiger partial charge in [-0.1, -0.05) is 23.4 Å². The number of hydrogen-bond acceptors (Lipinski definition) is 6. The summed E-state index contributed by atoms with van der Waals surface area (Å²) in [4.78, 5) is 4.41. The van der Waals surface area contributed by atoms with Gasteiger partial charge in [-0.3, -0.25) is 0 Å². The third-order valence-electron chi connectivity index (χ3n) is 3.93. The monoisotopic (exact) mass is 429 g/mol. The zero-order chi connectivity index (χ0) is 19.2. The zero-order valence-electron chi connectivity index (χ0n) is 15.2. The van der Waals surface area contributed by atoms with Crippen molar-refractivity contribution in [2.45, 2.75) is 16.2 Å². The maximum Gasteiger partial charge on any atom is 0.188 e. The number of halogens is 2. The topological polar surface area (TPSA) is 40.2 Å². The summed E-state index contributed by atoms with van der Waals surface area (Å²) < 4.78 is 21.5. The lowest BCUT2D eigenvalue weighted by Crippen LogP contribution is -2.22. The lowest BCUT2D eigenvalue weighted by molar-refractivity contribution is 0.0321. The van der Waals surface area contributed by atoms with Crippen molar-refractivity contribution in [2.24, 2.45) is 0 Å². The summed E-state index contributed by atoms with van der Waals surface area (Å²) in [6.45, 7) is 1.03. The van der Waals surface area contributed by atoms with Crippen molar-refractivity contribution in [3.63, 3.8) is 0 Å². The SMILES string of the molecule is COCOc1cc2c(cc1OCOC)N(CCCCl)c1cc(Cl)ccc1S2. The normalized spacial score (nSPS) is 12.5. The van der Waals surface area contributed by atoms with Crippen molar-refractivity contribution >= 4 is 46.3 Å². The molecule has 1 aliphatic rings. The molecule has 146 valence electrons. The molecule has 1 heterocycles. The van der Waals surface area contributed by atoms with Gasteiger partial charge in [0.05, 0.1) is 11.4 Å². The van der Waals surface area contributed by atoms with Crippen LogP contribution in [-0.2, 0) is 9.47 Å². The molecule has 3 rings (SSSR count). The highest BCUT2D eigenvalue weighted by Gasteiger charge is 2.26. The van der Waals surface area contributed by atoms with Crippen molar-refractivity contribution in [1.82, 2.24) is 0 Å². The molecular formula is C19H21Cl2NO4S. The molecular weight excluding hydrogens is 409 g/mol. The van der Waals surface area contributed by atoms with E-state index in [0.717, 1.165) is 34.1 Å². The second kappa shape index (κ2) is 9.75. The molecule has 0 aliphatic carbocycles. The number of fused-ring (bicyclic) bond motifs is 2. The van der Waals surface area contributed by atoms with Crippen LogP contribution in [0.2, 0.25) is 5.02 Å². The minimum Gasteiger partial charge on any atom is -0.464 e. The summed E-state index contributed by atoms with van der Waals surface area (Å²) in [5.74, 6) is 1.78. The summed E-state index contributed by atoms with van der Waals surface area (Å²) in [5, 5.41) is 0.699. The summed E-state index contributed by atoms with van der Waals surface area (Å²) in [5.41, 5.74) is 2.09. The van der Waals surface area contributed by atoms with Gasteiger partial charge in [0.2, 0.25) is 0 Å². The van der Waals surface area contributed by atoms with Gasteiger partial charge in [0.25, 0.3) is 0 Å². The van der Waals surface area contributed by atoms with Crippen LogP contribution in [0.3, 0.4) is 0 Å². The van der Waals surface area contributed by atoms with Gasteiger partial charge in [0.15, 0.2) is 25.1 Å². The van der Waals surface area contributed by atoms with Gasteiger partial charge < -0.3 is 23.8 Å². The van der Waals surface area contributed by atoms with E-state index in [2.05, 4.69) is 4.90 Å². The van der Waals surface area contributed by atoms with E-state index < -0.39 is 0 Å². The van der Waals surface area contributed by atoms with E-state index >= 15 is 0 Å². The summed E-state index contributed by atoms with van der Waals surface area (Å²) in [6.07, 6.45) is 0.841. The van der Waals surface area contributed by atoms with Gasteiger partial charge in [-0.25, -0.2) is 0 Å². The summed E-state index contributed by atoms with van der Waals surface area (Å²) in [7, 11) is 3.16. The first-order chi connectivity index (χ1) is 13.2. The van der Waals surface area contributed by atoms with Gasteiger partial charge in [-0.15, -0.1) is 11.6 Å². The molecule has 0 atom stereocenters. The molecule has 8 heteroatoms.